The van der Waals surface area contributed by atoms with Gasteiger partial charge in [-0.15, -0.1) is 0 Å². The van der Waals surface area contributed by atoms with Gasteiger partial charge < -0.3 is 5.11 Å². The van der Waals surface area contributed by atoms with Crippen LogP contribution in [0.15, 0.2) is 30.4 Å². The SMILES string of the molecule is Cc1c(O)cccc1C1CC2C=CC1C2. The summed E-state index contributed by atoms with van der Waals surface area (Å²) in [5.74, 6) is 2.60. The van der Waals surface area contributed by atoms with Crippen LogP contribution in [0.4, 0.5) is 0 Å². The zero-order valence-corrected chi connectivity index (χ0v) is 8.98. The first kappa shape index (κ1) is 9.02. The molecule has 1 saturated carbocycles. The minimum absolute atomic E-state index is 0.444. The van der Waals surface area contributed by atoms with E-state index < -0.39 is 0 Å². The van der Waals surface area contributed by atoms with Crippen LogP contribution in [0.25, 0.3) is 0 Å². The average molecular weight is 200 g/mol. The Kier molecular flexibility index (Phi) is 1.88. The summed E-state index contributed by atoms with van der Waals surface area (Å²) in [4.78, 5) is 0. The molecule has 2 bridgehead atoms. The normalized spacial score (nSPS) is 32.5. The van der Waals surface area contributed by atoms with E-state index in [1.165, 1.54) is 18.4 Å². The molecule has 0 saturated heterocycles. The van der Waals surface area contributed by atoms with Crippen LogP contribution in [0.1, 0.15) is 29.9 Å². The highest BCUT2D eigenvalue weighted by molar-refractivity contribution is 5.42. The van der Waals surface area contributed by atoms with Crippen molar-refractivity contribution in [2.45, 2.75) is 25.7 Å². The number of benzene rings is 1. The first-order chi connectivity index (χ1) is 7.25. The van der Waals surface area contributed by atoms with Crippen LogP contribution in [0.3, 0.4) is 0 Å². The monoisotopic (exact) mass is 200 g/mol. The molecule has 78 valence electrons. The van der Waals surface area contributed by atoms with Crippen LogP contribution >= 0.6 is 0 Å². The highest BCUT2D eigenvalue weighted by atomic mass is 16.3. The Hall–Kier alpha value is -1.24. The molecule has 1 nitrogen and oxygen atoms in total. The second-order valence-corrected chi connectivity index (χ2v) is 4.88. The molecule has 3 unspecified atom stereocenters. The zero-order chi connectivity index (χ0) is 10.4. The van der Waals surface area contributed by atoms with Crippen molar-refractivity contribution in [3.63, 3.8) is 0 Å². The molecule has 0 spiro atoms. The molecular formula is C14H16O. The first-order valence-corrected chi connectivity index (χ1v) is 5.72. The van der Waals surface area contributed by atoms with Crippen molar-refractivity contribution in [3.8, 4) is 5.75 Å². The summed E-state index contributed by atoms with van der Waals surface area (Å²) in [6, 6.07) is 5.92. The highest BCUT2D eigenvalue weighted by Crippen LogP contribution is 2.49. The number of phenols is 1. The molecule has 0 radical (unpaired) electrons. The predicted octanol–water partition coefficient (Wildman–Crippen LogP) is 3.38. The fraction of sp³-hybridized carbons (Fsp3) is 0.429. The summed E-state index contributed by atoms with van der Waals surface area (Å²) in [7, 11) is 0. The number of hydrogen-bond acceptors (Lipinski definition) is 1. The number of allylic oxidation sites excluding steroid dienone is 2. The number of aromatic hydroxyl groups is 1. The number of rotatable bonds is 1. The quantitative estimate of drug-likeness (QED) is 0.689. The lowest BCUT2D eigenvalue weighted by atomic mass is 9.84. The molecule has 2 aliphatic rings. The van der Waals surface area contributed by atoms with Gasteiger partial charge in [-0.3, -0.25) is 0 Å². The van der Waals surface area contributed by atoms with Crippen molar-refractivity contribution in [1.82, 2.24) is 0 Å². The third kappa shape index (κ3) is 1.30. The summed E-state index contributed by atoms with van der Waals surface area (Å²) >= 11 is 0. The molecule has 0 heterocycles. The van der Waals surface area contributed by atoms with Gasteiger partial charge in [-0.25, -0.2) is 0 Å². The van der Waals surface area contributed by atoms with E-state index in [1.807, 2.05) is 13.0 Å². The molecule has 1 aromatic rings. The van der Waals surface area contributed by atoms with E-state index in [0.29, 0.717) is 11.7 Å². The van der Waals surface area contributed by atoms with Gasteiger partial charge in [0.2, 0.25) is 0 Å². The van der Waals surface area contributed by atoms with Crippen molar-refractivity contribution in [1.29, 1.82) is 0 Å². The van der Waals surface area contributed by atoms with Gasteiger partial charge in [0.05, 0.1) is 0 Å². The maximum Gasteiger partial charge on any atom is 0.118 e. The average Bonchev–Trinajstić information content (AvgIpc) is 2.83. The Morgan fingerprint density at radius 3 is 2.73 bits per heavy atom. The lowest BCUT2D eigenvalue weighted by Gasteiger charge is -2.20. The van der Waals surface area contributed by atoms with Gasteiger partial charge in [-0.2, -0.15) is 0 Å². The van der Waals surface area contributed by atoms with E-state index in [9.17, 15) is 5.11 Å². The molecule has 0 amide bonds. The van der Waals surface area contributed by atoms with Crippen molar-refractivity contribution in [3.05, 3.63) is 41.5 Å². The lowest BCUT2D eigenvalue weighted by Crippen LogP contribution is -2.06. The Balaban J connectivity index is 2.00. The molecule has 1 aromatic carbocycles. The van der Waals surface area contributed by atoms with E-state index in [0.717, 1.165) is 17.4 Å². The van der Waals surface area contributed by atoms with Gasteiger partial charge in [0.15, 0.2) is 0 Å². The van der Waals surface area contributed by atoms with Gasteiger partial charge in [-0.05, 0) is 54.7 Å². The molecular weight excluding hydrogens is 184 g/mol. The van der Waals surface area contributed by atoms with Crippen LogP contribution in [0.5, 0.6) is 5.75 Å². The Morgan fingerprint density at radius 2 is 2.07 bits per heavy atom. The smallest absolute Gasteiger partial charge is 0.118 e. The molecule has 3 rings (SSSR count). The largest absolute Gasteiger partial charge is 0.508 e. The summed E-state index contributed by atoms with van der Waals surface area (Å²) in [6.07, 6.45) is 7.31. The second kappa shape index (κ2) is 3.13. The highest BCUT2D eigenvalue weighted by Gasteiger charge is 2.37. The summed E-state index contributed by atoms with van der Waals surface area (Å²) in [6.45, 7) is 2.03. The molecule has 1 N–H and O–H groups in total. The van der Waals surface area contributed by atoms with Crippen molar-refractivity contribution >= 4 is 0 Å². The zero-order valence-electron chi connectivity index (χ0n) is 8.98. The van der Waals surface area contributed by atoms with Gasteiger partial charge in [0.1, 0.15) is 5.75 Å². The standard InChI is InChI=1S/C14H16O/c1-9-12(3-2-4-14(9)15)13-8-10-5-6-11(13)7-10/h2-6,10-11,13,15H,7-8H2,1H3. The maximum atomic E-state index is 9.71. The van der Waals surface area contributed by atoms with Gasteiger partial charge >= 0.3 is 0 Å². The maximum absolute atomic E-state index is 9.71. The Morgan fingerprint density at radius 1 is 1.20 bits per heavy atom. The van der Waals surface area contributed by atoms with Crippen LogP contribution in [-0.4, -0.2) is 5.11 Å². The van der Waals surface area contributed by atoms with Crippen LogP contribution in [0, 0.1) is 18.8 Å². The second-order valence-electron chi connectivity index (χ2n) is 4.88. The van der Waals surface area contributed by atoms with Crippen molar-refractivity contribution in [2.24, 2.45) is 11.8 Å². The van der Waals surface area contributed by atoms with Gasteiger partial charge in [0, 0.05) is 0 Å². The molecule has 2 aliphatic carbocycles. The molecule has 15 heavy (non-hydrogen) atoms. The topological polar surface area (TPSA) is 20.2 Å². The van der Waals surface area contributed by atoms with Crippen LogP contribution in [-0.2, 0) is 0 Å². The Labute approximate surface area is 90.4 Å². The number of phenolic OH excluding ortho intramolecular Hbond substituents is 1. The van der Waals surface area contributed by atoms with E-state index in [4.69, 9.17) is 0 Å². The summed E-state index contributed by atoms with van der Waals surface area (Å²) < 4.78 is 0. The van der Waals surface area contributed by atoms with E-state index in [2.05, 4.69) is 18.2 Å². The Bertz CT molecular complexity index is 419. The number of hydrogen-bond donors (Lipinski definition) is 1. The summed E-state index contributed by atoms with van der Waals surface area (Å²) in [5, 5.41) is 9.71. The van der Waals surface area contributed by atoms with Crippen LogP contribution in [0.2, 0.25) is 0 Å². The molecule has 0 aromatic heterocycles. The van der Waals surface area contributed by atoms with E-state index in [-0.39, 0.29) is 0 Å². The fourth-order valence-electron chi connectivity index (χ4n) is 3.18. The number of fused-ring (bicyclic) bond motifs is 2. The van der Waals surface area contributed by atoms with Gasteiger partial charge in [-0.1, -0.05) is 24.3 Å². The fourth-order valence-corrected chi connectivity index (χ4v) is 3.18. The molecule has 1 fully saturated rings. The van der Waals surface area contributed by atoms with E-state index >= 15 is 0 Å². The van der Waals surface area contributed by atoms with Crippen LogP contribution < -0.4 is 0 Å². The lowest BCUT2D eigenvalue weighted by molar-refractivity contribution is 0.467. The van der Waals surface area contributed by atoms with E-state index in [1.54, 1.807) is 6.07 Å². The first-order valence-electron chi connectivity index (χ1n) is 5.72. The van der Waals surface area contributed by atoms with Crippen molar-refractivity contribution in [2.75, 3.05) is 0 Å². The molecule has 3 atom stereocenters. The third-order valence-corrected chi connectivity index (χ3v) is 4.03. The van der Waals surface area contributed by atoms with Crippen molar-refractivity contribution < 1.29 is 5.11 Å². The predicted molar refractivity (Wildman–Crippen MR) is 60.9 cm³/mol. The minimum atomic E-state index is 0.444. The van der Waals surface area contributed by atoms with Gasteiger partial charge in [0.25, 0.3) is 0 Å². The molecule has 1 heteroatoms. The third-order valence-electron chi connectivity index (χ3n) is 4.03. The molecule has 0 aliphatic heterocycles. The minimum Gasteiger partial charge on any atom is -0.508 e. The summed E-state index contributed by atoms with van der Waals surface area (Å²) in [5.41, 5.74) is 2.43.